The fraction of sp³-hybridized carbons (Fsp3) is 0.579. The summed E-state index contributed by atoms with van der Waals surface area (Å²) in [5.41, 5.74) is 1.61. The van der Waals surface area contributed by atoms with Gasteiger partial charge in [0.2, 0.25) is 0 Å². The van der Waals surface area contributed by atoms with Crippen LogP contribution < -0.4 is 4.90 Å². The Kier molecular flexibility index (Phi) is 3.69. The Morgan fingerprint density at radius 3 is 2.54 bits per heavy atom. The van der Waals surface area contributed by atoms with Crippen LogP contribution in [0.2, 0.25) is 0 Å². The lowest BCUT2D eigenvalue weighted by Crippen LogP contribution is -2.33. The van der Waals surface area contributed by atoms with Gasteiger partial charge >= 0.3 is 0 Å². The van der Waals surface area contributed by atoms with E-state index < -0.39 is 0 Å². The molecular formula is C19H23N5O2. The number of hydrogen-bond acceptors (Lipinski definition) is 6. The Bertz CT molecular complexity index is 817. The lowest BCUT2D eigenvalue weighted by molar-refractivity contribution is 0.0776. The van der Waals surface area contributed by atoms with Gasteiger partial charge in [0.1, 0.15) is 18.4 Å². The number of likely N-dealkylation sites (tertiary alicyclic amines) is 1. The number of hydrogen-bond donors (Lipinski definition) is 0. The fourth-order valence-corrected chi connectivity index (χ4v) is 4.43. The first kappa shape index (κ1) is 15.8. The Labute approximate surface area is 152 Å². The van der Waals surface area contributed by atoms with Gasteiger partial charge in [-0.15, -0.1) is 0 Å². The van der Waals surface area contributed by atoms with Gasteiger partial charge in [0.25, 0.3) is 5.91 Å². The molecule has 2 aliphatic heterocycles. The maximum Gasteiger partial charge on any atom is 0.275 e. The van der Waals surface area contributed by atoms with Crippen molar-refractivity contribution < 1.29 is 9.21 Å². The third kappa shape index (κ3) is 2.66. The quantitative estimate of drug-likeness (QED) is 0.842. The van der Waals surface area contributed by atoms with Crippen LogP contribution in [0.15, 0.2) is 23.1 Å². The molecule has 2 unspecified atom stereocenters. The summed E-state index contributed by atoms with van der Waals surface area (Å²) < 4.78 is 5.18. The lowest BCUT2D eigenvalue weighted by atomic mass is 9.83. The van der Waals surface area contributed by atoms with Crippen LogP contribution in [0, 0.1) is 18.8 Å². The van der Waals surface area contributed by atoms with Crippen LogP contribution in [0.4, 0.5) is 5.82 Å². The summed E-state index contributed by atoms with van der Waals surface area (Å²) in [5.74, 6) is 3.17. The smallest absolute Gasteiger partial charge is 0.275 e. The molecule has 4 heterocycles. The van der Waals surface area contributed by atoms with Crippen LogP contribution in [-0.4, -0.2) is 51.9 Å². The summed E-state index contributed by atoms with van der Waals surface area (Å²) in [7, 11) is 0. The molecule has 3 aliphatic rings. The second kappa shape index (κ2) is 6.07. The Morgan fingerprint density at radius 2 is 1.92 bits per heavy atom. The van der Waals surface area contributed by atoms with Crippen molar-refractivity contribution in [2.45, 2.75) is 32.1 Å². The summed E-state index contributed by atoms with van der Waals surface area (Å²) >= 11 is 0. The zero-order valence-corrected chi connectivity index (χ0v) is 15.0. The highest BCUT2D eigenvalue weighted by molar-refractivity contribution is 5.92. The molecule has 1 saturated carbocycles. The molecule has 2 atom stereocenters. The molecule has 5 rings (SSSR count). The van der Waals surface area contributed by atoms with Gasteiger partial charge in [-0.25, -0.2) is 15.0 Å². The molecule has 7 heteroatoms. The van der Waals surface area contributed by atoms with Crippen molar-refractivity contribution in [3.05, 3.63) is 35.9 Å². The summed E-state index contributed by atoms with van der Waals surface area (Å²) in [4.78, 5) is 30.0. The number of carbonyl (C=O) groups is 1. The van der Waals surface area contributed by atoms with Crippen molar-refractivity contribution in [2.24, 2.45) is 11.8 Å². The van der Waals surface area contributed by atoms with Crippen LogP contribution in [0.1, 0.15) is 47.3 Å². The predicted molar refractivity (Wildman–Crippen MR) is 95.0 cm³/mol. The van der Waals surface area contributed by atoms with E-state index in [1.54, 1.807) is 13.3 Å². The minimum absolute atomic E-state index is 0.0166. The van der Waals surface area contributed by atoms with Crippen LogP contribution >= 0.6 is 0 Å². The molecule has 2 aromatic heterocycles. The van der Waals surface area contributed by atoms with E-state index in [9.17, 15) is 4.79 Å². The third-order valence-electron chi connectivity index (χ3n) is 6.13. The Balaban J connectivity index is 1.25. The molecule has 2 aromatic rings. The maximum absolute atomic E-state index is 12.6. The predicted octanol–water partition coefficient (Wildman–Crippen LogP) is 2.25. The third-order valence-corrected chi connectivity index (χ3v) is 6.13. The van der Waals surface area contributed by atoms with Gasteiger partial charge in [-0.3, -0.25) is 4.79 Å². The molecule has 0 bridgehead atoms. The molecule has 1 amide bonds. The normalized spacial score (nSPS) is 25.4. The van der Waals surface area contributed by atoms with Crippen LogP contribution in [-0.2, 0) is 0 Å². The van der Waals surface area contributed by atoms with Crippen molar-refractivity contribution in [3.63, 3.8) is 0 Å². The number of carbonyl (C=O) groups excluding carboxylic acids is 1. The van der Waals surface area contributed by atoms with Gasteiger partial charge in [-0.2, -0.15) is 0 Å². The van der Waals surface area contributed by atoms with E-state index in [-0.39, 0.29) is 5.91 Å². The van der Waals surface area contributed by atoms with Crippen molar-refractivity contribution in [1.82, 2.24) is 19.9 Å². The van der Waals surface area contributed by atoms with Gasteiger partial charge in [0.15, 0.2) is 11.6 Å². The molecule has 3 fully saturated rings. The van der Waals surface area contributed by atoms with E-state index >= 15 is 0 Å². The first-order chi connectivity index (χ1) is 12.7. The molecule has 2 saturated heterocycles. The van der Waals surface area contributed by atoms with E-state index in [0.29, 0.717) is 29.3 Å². The van der Waals surface area contributed by atoms with Crippen molar-refractivity contribution in [2.75, 3.05) is 31.1 Å². The second-order valence-corrected chi connectivity index (χ2v) is 7.82. The Hall–Kier alpha value is -2.44. The number of oxazole rings is 1. The van der Waals surface area contributed by atoms with E-state index in [1.165, 1.54) is 31.2 Å². The first-order valence-corrected chi connectivity index (χ1v) is 9.45. The van der Waals surface area contributed by atoms with Gasteiger partial charge in [-0.05, 0) is 12.8 Å². The summed E-state index contributed by atoms with van der Waals surface area (Å²) in [6, 6.07) is 2.17. The van der Waals surface area contributed by atoms with Gasteiger partial charge in [0, 0.05) is 62.6 Å². The molecular weight excluding hydrogens is 330 g/mol. The highest BCUT2D eigenvalue weighted by Crippen LogP contribution is 2.38. The van der Waals surface area contributed by atoms with Crippen molar-refractivity contribution in [1.29, 1.82) is 0 Å². The first-order valence-electron chi connectivity index (χ1n) is 9.45. The summed E-state index contributed by atoms with van der Waals surface area (Å²) in [5, 5.41) is 0. The highest BCUT2D eigenvalue weighted by atomic mass is 16.3. The average molecular weight is 353 g/mol. The molecule has 0 N–H and O–H groups in total. The number of anilines is 1. The molecule has 0 aromatic carbocycles. The number of aromatic nitrogens is 3. The SMILES string of the molecule is Cc1nc(C(=O)N2CC3CN(c4cc(C5CCC5)ncn4)CC3C2)co1. The lowest BCUT2D eigenvalue weighted by Gasteiger charge is -2.26. The van der Waals surface area contributed by atoms with Crippen molar-refractivity contribution >= 4 is 11.7 Å². The van der Waals surface area contributed by atoms with E-state index in [4.69, 9.17) is 4.42 Å². The number of aryl methyl sites for hydroxylation is 1. The zero-order valence-electron chi connectivity index (χ0n) is 15.0. The molecule has 136 valence electrons. The topological polar surface area (TPSA) is 75.4 Å². The van der Waals surface area contributed by atoms with Gasteiger partial charge in [0.05, 0.1) is 0 Å². The average Bonchev–Trinajstić information content (AvgIpc) is 3.27. The van der Waals surface area contributed by atoms with E-state index in [1.807, 2.05) is 4.90 Å². The van der Waals surface area contributed by atoms with Gasteiger partial charge < -0.3 is 14.2 Å². The van der Waals surface area contributed by atoms with Crippen LogP contribution in [0.3, 0.4) is 0 Å². The van der Waals surface area contributed by atoms with E-state index in [0.717, 1.165) is 32.0 Å². The highest BCUT2D eigenvalue weighted by Gasteiger charge is 2.42. The summed E-state index contributed by atoms with van der Waals surface area (Å²) in [6.45, 7) is 5.23. The molecule has 0 radical (unpaired) electrons. The van der Waals surface area contributed by atoms with Crippen molar-refractivity contribution in [3.8, 4) is 0 Å². The minimum Gasteiger partial charge on any atom is -0.448 e. The zero-order chi connectivity index (χ0) is 17.7. The molecule has 1 aliphatic carbocycles. The largest absolute Gasteiger partial charge is 0.448 e. The van der Waals surface area contributed by atoms with Crippen LogP contribution in [0.25, 0.3) is 0 Å². The standard InChI is InChI=1S/C19H23N5O2/c1-12-22-17(10-26-12)19(25)24-8-14-6-23(7-15(14)9-24)18-5-16(20-11-21-18)13-3-2-4-13/h5,10-11,13-15H,2-4,6-9H2,1H3. The van der Waals surface area contributed by atoms with Gasteiger partial charge in [-0.1, -0.05) is 6.42 Å². The number of fused-ring (bicyclic) bond motifs is 1. The number of nitrogens with zero attached hydrogens (tertiary/aromatic N) is 5. The molecule has 7 nitrogen and oxygen atoms in total. The number of rotatable bonds is 3. The molecule has 26 heavy (non-hydrogen) atoms. The number of amides is 1. The fourth-order valence-electron chi connectivity index (χ4n) is 4.43. The second-order valence-electron chi connectivity index (χ2n) is 7.82. The molecule has 0 spiro atoms. The van der Waals surface area contributed by atoms with E-state index in [2.05, 4.69) is 25.9 Å². The maximum atomic E-state index is 12.6. The van der Waals surface area contributed by atoms with Crippen LogP contribution in [0.5, 0.6) is 0 Å². The minimum atomic E-state index is -0.0166. The summed E-state index contributed by atoms with van der Waals surface area (Å²) in [6.07, 6.45) is 6.98. The Morgan fingerprint density at radius 1 is 1.15 bits per heavy atom. The monoisotopic (exact) mass is 353 g/mol.